The summed E-state index contributed by atoms with van der Waals surface area (Å²) in [7, 11) is 0. The van der Waals surface area contributed by atoms with Crippen LogP contribution in [0, 0.1) is 11.2 Å². The highest BCUT2D eigenvalue weighted by Crippen LogP contribution is 2.46. The third-order valence-electron chi connectivity index (χ3n) is 5.78. The molecule has 0 spiro atoms. The van der Waals surface area contributed by atoms with Gasteiger partial charge in [-0.25, -0.2) is 13.6 Å². The molecule has 4 N–H and O–H groups in total. The lowest BCUT2D eigenvalue weighted by molar-refractivity contribution is -0.112. The molecule has 0 radical (unpaired) electrons. The quantitative estimate of drug-likeness (QED) is 0.587. The number of pyridine rings is 1. The second-order valence-electron chi connectivity index (χ2n) is 7.69. The summed E-state index contributed by atoms with van der Waals surface area (Å²) in [6.45, 7) is 0.0630. The van der Waals surface area contributed by atoms with Crippen LogP contribution in [0.3, 0.4) is 0 Å². The minimum atomic E-state index is -1.49. The van der Waals surface area contributed by atoms with E-state index in [1.807, 2.05) is 0 Å². The number of nitrogens with one attached hydrogen (secondary N) is 1. The number of alkyl halides is 1. The third-order valence-corrected chi connectivity index (χ3v) is 6.14. The number of carboxylic acids is 1. The molecule has 2 aromatic rings. The van der Waals surface area contributed by atoms with Gasteiger partial charge in [-0.1, -0.05) is 11.6 Å². The van der Waals surface area contributed by atoms with Crippen molar-refractivity contribution in [2.24, 2.45) is 11.1 Å². The molecule has 2 fully saturated rings. The van der Waals surface area contributed by atoms with Gasteiger partial charge in [0.15, 0.2) is 0 Å². The zero-order valence-electron chi connectivity index (χ0n) is 15.1. The normalized spacial score (nSPS) is 22.9. The summed E-state index contributed by atoms with van der Waals surface area (Å²) in [6.07, 6.45) is 2.09. The van der Waals surface area contributed by atoms with Gasteiger partial charge in [0.2, 0.25) is 5.43 Å². The van der Waals surface area contributed by atoms with Crippen molar-refractivity contribution in [2.45, 2.75) is 37.5 Å². The van der Waals surface area contributed by atoms with Gasteiger partial charge < -0.3 is 25.5 Å². The number of nitrogens with zero attached hydrogens (tertiary/aromatic N) is 1. The van der Waals surface area contributed by atoms with Gasteiger partial charge in [-0.2, -0.15) is 0 Å². The second kappa shape index (κ2) is 6.77. The van der Waals surface area contributed by atoms with Crippen molar-refractivity contribution >= 4 is 40.4 Å². The number of nitrogens with two attached hydrogens (primary N) is 1. The van der Waals surface area contributed by atoms with Gasteiger partial charge in [-0.05, 0) is 18.9 Å². The van der Waals surface area contributed by atoms with E-state index in [-0.39, 0.29) is 34.6 Å². The fourth-order valence-corrected chi connectivity index (χ4v) is 3.95. The number of carbonyl (C=O) groups excluding carboxylic acids is 1. The topological polar surface area (TPSA) is 114 Å². The van der Waals surface area contributed by atoms with Gasteiger partial charge in [0.1, 0.15) is 23.8 Å². The van der Waals surface area contributed by atoms with Crippen LogP contribution in [0.1, 0.15) is 35.7 Å². The fourth-order valence-electron chi connectivity index (χ4n) is 3.59. The van der Waals surface area contributed by atoms with E-state index >= 15 is 0 Å². The molecule has 154 valence electrons. The molecular formula is C19H18ClF2N3O4. The molecule has 4 rings (SSSR count). The SMILES string of the molecule is N[C@@H](CNc1c(F)cc2c(=O)c(C(=O)O)cn([C@@H]3C[C@@H]3F)c2c1Cl)C1(C=O)CC1. The first kappa shape index (κ1) is 19.8. The standard InChI is InChI=1S/C19H18ClF2N3O4/c20-14-15(24-5-13(23)19(7-26)1-2-19)11(22)3-8-16(14)25(12-4-10(12)21)6-9(17(8)27)18(28)29/h3,6-7,10,12-13,24H,1-2,4-5,23H2,(H,28,29)/t10-,12+,13-/m0/s1. The van der Waals surface area contributed by atoms with Crippen molar-refractivity contribution in [1.82, 2.24) is 4.57 Å². The van der Waals surface area contributed by atoms with Crippen molar-refractivity contribution < 1.29 is 23.5 Å². The molecule has 0 amide bonds. The zero-order chi connectivity index (χ0) is 21.1. The minimum Gasteiger partial charge on any atom is -0.477 e. The Morgan fingerprint density at radius 1 is 1.52 bits per heavy atom. The first-order chi connectivity index (χ1) is 13.7. The number of fused-ring (bicyclic) bond motifs is 1. The average Bonchev–Trinajstić information content (AvgIpc) is 3.58. The lowest BCUT2D eigenvalue weighted by Gasteiger charge is -2.21. The monoisotopic (exact) mass is 425 g/mol. The smallest absolute Gasteiger partial charge is 0.341 e. The van der Waals surface area contributed by atoms with Crippen molar-refractivity contribution in [3.05, 3.63) is 38.9 Å². The van der Waals surface area contributed by atoms with E-state index in [4.69, 9.17) is 17.3 Å². The van der Waals surface area contributed by atoms with E-state index < -0.39 is 46.4 Å². The molecular weight excluding hydrogens is 408 g/mol. The van der Waals surface area contributed by atoms with Crippen LogP contribution in [-0.2, 0) is 4.79 Å². The summed E-state index contributed by atoms with van der Waals surface area (Å²) in [5.74, 6) is -2.36. The predicted octanol–water partition coefficient (Wildman–Crippen LogP) is 2.49. The molecule has 3 atom stereocenters. The van der Waals surface area contributed by atoms with E-state index in [0.717, 1.165) is 18.5 Å². The number of rotatable bonds is 7. The van der Waals surface area contributed by atoms with Gasteiger partial charge in [-0.15, -0.1) is 0 Å². The number of hydrogen-bond acceptors (Lipinski definition) is 5. The number of benzene rings is 1. The van der Waals surface area contributed by atoms with Crippen LogP contribution in [-0.4, -0.2) is 40.7 Å². The van der Waals surface area contributed by atoms with Crippen LogP contribution in [0.15, 0.2) is 17.1 Å². The number of aromatic nitrogens is 1. The Balaban J connectivity index is 1.81. The van der Waals surface area contributed by atoms with Crippen LogP contribution < -0.4 is 16.5 Å². The Morgan fingerprint density at radius 3 is 2.69 bits per heavy atom. The molecule has 1 heterocycles. The Morgan fingerprint density at radius 2 is 2.17 bits per heavy atom. The molecule has 0 bridgehead atoms. The number of carbonyl (C=O) groups is 2. The third kappa shape index (κ3) is 3.18. The Hall–Kier alpha value is -2.52. The van der Waals surface area contributed by atoms with E-state index in [2.05, 4.69) is 5.32 Å². The Labute approximate surface area is 168 Å². The van der Waals surface area contributed by atoms with Crippen LogP contribution in [0.5, 0.6) is 0 Å². The van der Waals surface area contributed by atoms with E-state index in [0.29, 0.717) is 12.8 Å². The van der Waals surface area contributed by atoms with Crippen molar-refractivity contribution in [3.63, 3.8) is 0 Å². The Kier molecular flexibility index (Phi) is 4.62. The summed E-state index contributed by atoms with van der Waals surface area (Å²) in [6, 6.07) is -0.344. The lowest BCUT2D eigenvalue weighted by atomic mass is 9.99. The number of anilines is 1. The molecule has 0 unspecified atom stereocenters. The largest absolute Gasteiger partial charge is 0.477 e. The first-order valence-electron chi connectivity index (χ1n) is 9.10. The minimum absolute atomic E-state index is 0.0563. The highest BCUT2D eigenvalue weighted by molar-refractivity contribution is 6.38. The maximum Gasteiger partial charge on any atom is 0.341 e. The molecule has 29 heavy (non-hydrogen) atoms. The van der Waals surface area contributed by atoms with Crippen molar-refractivity contribution in [1.29, 1.82) is 0 Å². The van der Waals surface area contributed by atoms with Gasteiger partial charge in [-0.3, -0.25) is 4.79 Å². The van der Waals surface area contributed by atoms with Gasteiger partial charge in [0.25, 0.3) is 0 Å². The highest BCUT2D eigenvalue weighted by Gasteiger charge is 2.48. The lowest BCUT2D eigenvalue weighted by Crippen LogP contribution is -2.39. The molecule has 10 heteroatoms. The maximum atomic E-state index is 14.7. The molecule has 2 aliphatic rings. The molecule has 2 aliphatic carbocycles. The van der Waals surface area contributed by atoms with Crippen LogP contribution in [0.2, 0.25) is 5.02 Å². The summed E-state index contributed by atoms with van der Waals surface area (Å²) in [4.78, 5) is 35.1. The number of hydrogen-bond donors (Lipinski definition) is 3. The van der Waals surface area contributed by atoms with Crippen molar-refractivity contribution in [3.8, 4) is 0 Å². The maximum absolute atomic E-state index is 14.7. The number of carboxylic acid groups (broad SMARTS) is 1. The molecule has 2 saturated carbocycles. The van der Waals surface area contributed by atoms with Crippen molar-refractivity contribution in [2.75, 3.05) is 11.9 Å². The van der Waals surface area contributed by atoms with Crippen LogP contribution in [0.25, 0.3) is 10.9 Å². The zero-order valence-corrected chi connectivity index (χ0v) is 15.9. The predicted molar refractivity (Wildman–Crippen MR) is 103 cm³/mol. The van der Waals surface area contributed by atoms with Gasteiger partial charge in [0, 0.05) is 30.6 Å². The Bertz CT molecular complexity index is 1100. The second-order valence-corrected chi connectivity index (χ2v) is 8.06. The van der Waals surface area contributed by atoms with Crippen LogP contribution >= 0.6 is 11.6 Å². The van der Waals surface area contributed by atoms with E-state index in [1.54, 1.807) is 0 Å². The summed E-state index contributed by atoms with van der Waals surface area (Å²) in [5, 5.41) is 11.7. The molecule has 1 aromatic heterocycles. The number of aldehydes is 1. The van der Waals surface area contributed by atoms with Gasteiger partial charge in [0.05, 0.1) is 27.7 Å². The fraction of sp³-hybridized carbons (Fsp3) is 0.421. The average molecular weight is 426 g/mol. The van der Waals surface area contributed by atoms with Crippen LogP contribution in [0.4, 0.5) is 14.5 Å². The van der Waals surface area contributed by atoms with E-state index in [9.17, 15) is 28.3 Å². The summed E-state index contributed by atoms with van der Waals surface area (Å²) >= 11 is 6.38. The summed E-state index contributed by atoms with van der Waals surface area (Å²) < 4.78 is 29.8. The number of aromatic carboxylic acids is 1. The first-order valence-corrected chi connectivity index (χ1v) is 9.48. The molecule has 0 saturated heterocycles. The number of halogens is 3. The molecule has 1 aromatic carbocycles. The van der Waals surface area contributed by atoms with E-state index in [1.165, 1.54) is 4.57 Å². The highest BCUT2D eigenvalue weighted by atomic mass is 35.5. The summed E-state index contributed by atoms with van der Waals surface area (Å²) in [5.41, 5.74) is 3.85. The molecule has 0 aliphatic heterocycles. The van der Waals surface area contributed by atoms with Gasteiger partial charge >= 0.3 is 5.97 Å². The molecule has 7 nitrogen and oxygen atoms in total.